The van der Waals surface area contributed by atoms with Crippen LogP contribution in [-0.2, 0) is 20.0 Å². The molecule has 0 aliphatic heterocycles. The number of H-pyrrole nitrogens is 1. The second-order valence-electron chi connectivity index (χ2n) is 6.08. The molecule has 0 unspecified atom stereocenters. The monoisotopic (exact) mass is 404 g/mol. The van der Waals surface area contributed by atoms with E-state index in [0.29, 0.717) is 33.5 Å². The Labute approximate surface area is 159 Å². The normalized spacial score (nSPS) is 12.7. The first-order chi connectivity index (χ1) is 13.4. The number of hydrogen-bond donors (Lipinski definition) is 3. The van der Waals surface area contributed by atoms with Gasteiger partial charge in [0.25, 0.3) is 5.56 Å². The Kier molecular flexibility index (Phi) is 4.26. The van der Waals surface area contributed by atoms with Crippen LogP contribution in [0.5, 0.6) is 0 Å². The van der Waals surface area contributed by atoms with Crippen LogP contribution in [0.15, 0.2) is 28.7 Å². The maximum atomic E-state index is 13.6. The minimum atomic E-state index is -0.918. The molecule has 0 saturated carbocycles. The number of aryl methyl sites for hydroxylation is 1. The Morgan fingerprint density at radius 1 is 1.46 bits per heavy atom. The van der Waals surface area contributed by atoms with Gasteiger partial charge in [-0.2, -0.15) is 10.2 Å². The summed E-state index contributed by atoms with van der Waals surface area (Å²) >= 11 is 1.33. The van der Waals surface area contributed by atoms with E-state index in [1.165, 1.54) is 17.5 Å². The summed E-state index contributed by atoms with van der Waals surface area (Å²) in [7, 11) is 1.69. The van der Waals surface area contributed by atoms with Crippen molar-refractivity contribution < 1.29 is 8.78 Å². The van der Waals surface area contributed by atoms with Gasteiger partial charge in [0.1, 0.15) is 10.5 Å². The highest BCUT2D eigenvalue weighted by Crippen LogP contribution is 2.31. The molecule has 4 N–H and O–H groups in total. The molecule has 4 aromatic rings. The number of rotatable bonds is 5. The van der Waals surface area contributed by atoms with Crippen LogP contribution in [0, 0.1) is 11.2 Å². The summed E-state index contributed by atoms with van der Waals surface area (Å²) in [6.45, 7) is -0.271. The van der Waals surface area contributed by atoms with E-state index < -0.39 is 17.2 Å². The highest BCUT2D eigenvalue weighted by atomic mass is 32.1. The lowest BCUT2D eigenvalue weighted by Gasteiger charge is -2.06. The van der Waals surface area contributed by atoms with Crippen molar-refractivity contribution in [3.8, 4) is 0 Å². The lowest BCUT2D eigenvalue weighted by molar-refractivity contribution is 0.597. The highest BCUT2D eigenvalue weighted by Gasteiger charge is 2.19. The van der Waals surface area contributed by atoms with Crippen LogP contribution < -0.4 is 11.3 Å². The standard InChI is InChI=1S/C16H14F2N8OS/c1-25-13-7(4-22-26(16(13)27)6-10(20)8(17)3-19)14-15(25)23-12(28-14)2-11-9(18)5-21-24-11/h3-5,19H,2,6,20H2,1H3,(H,21,24). The maximum Gasteiger partial charge on any atom is 0.291 e. The molecule has 0 amide bonds. The number of aromatic amines is 1. The fourth-order valence-electron chi connectivity index (χ4n) is 2.92. The van der Waals surface area contributed by atoms with Gasteiger partial charge in [0, 0.05) is 18.9 Å². The van der Waals surface area contributed by atoms with Crippen LogP contribution in [0.4, 0.5) is 8.78 Å². The number of fused-ring (bicyclic) bond motifs is 3. The number of aromatic nitrogens is 6. The minimum Gasteiger partial charge on any atom is -0.398 e. The zero-order valence-electron chi connectivity index (χ0n) is 14.5. The van der Waals surface area contributed by atoms with Crippen molar-refractivity contribution in [2.75, 3.05) is 0 Å². The first-order valence-corrected chi connectivity index (χ1v) is 8.88. The van der Waals surface area contributed by atoms with Crippen LogP contribution in [0.3, 0.4) is 0 Å². The van der Waals surface area contributed by atoms with Gasteiger partial charge >= 0.3 is 0 Å². The molecule has 9 nitrogen and oxygen atoms in total. The Morgan fingerprint density at radius 3 is 2.93 bits per heavy atom. The van der Waals surface area contributed by atoms with Gasteiger partial charge in [0.15, 0.2) is 17.3 Å². The Hall–Kier alpha value is -3.41. The predicted molar refractivity (Wildman–Crippen MR) is 101 cm³/mol. The van der Waals surface area contributed by atoms with Crippen molar-refractivity contribution in [3.63, 3.8) is 0 Å². The first kappa shape index (κ1) is 18.0. The SMILES string of the molecule is Cn1c2nc(Cc3[nH]ncc3F)sc2c2cnn(CC(N)=C(F)C=N)c(=O)c21. The van der Waals surface area contributed by atoms with Gasteiger partial charge in [-0.15, -0.1) is 11.3 Å². The van der Waals surface area contributed by atoms with Gasteiger partial charge in [-0.1, -0.05) is 0 Å². The predicted octanol–water partition coefficient (Wildman–Crippen LogP) is 1.59. The summed E-state index contributed by atoms with van der Waals surface area (Å²) < 4.78 is 30.4. The molecule has 12 heteroatoms. The molecule has 0 radical (unpaired) electrons. The largest absolute Gasteiger partial charge is 0.398 e. The van der Waals surface area contributed by atoms with E-state index in [2.05, 4.69) is 20.3 Å². The second kappa shape index (κ2) is 6.64. The van der Waals surface area contributed by atoms with Gasteiger partial charge in [-0.05, 0) is 0 Å². The lowest BCUT2D eigenvalue weighted by atomic mass is 10.3. The van der Waals surface area contributed by atoms with Gasteiger partial charge in [0.05, 0.1) is 41.2 Å². The van der Waals surface area contributed by atoms with Crippen molar-refractivity contribution in [1.82, 2.24) is 29.5 Å². The van der Waals surface area contributed by atoms with E-state index in [9.17, 15) is 13.6 Å². The van der Waals surface area contributed by atoms with Crippen LogP contribution in [-0.4, -0.2) is 35.7 Å². The molecule has 4 heterocycles. The molecule has 0 atom stereocenters. The molecule has 0 aliphatic carbocycles. The number of halogens is 2. The number of nitrogens with two attached hydrogens (primary N) is 1. The molecule has 0 aromatic carbocycles. The number of thiazole rings is 1. The van der Waals surface area contributed by atoms with Crippen molar-refractivity contribution in [3.05, 3.63) is 50.8 Å². The number of nitrogens with zero attached hydrogens (tertiary/aromatic N) is 5. The maximum absolute atomic E-state index is 13.6. The van der Waals surface area contributed by atoms with E-state index in [4.69, 9.17) is 11.1 Å². The van der Waals surface area contributed by atoms with E-state index in [1.54, 1.807) is 11.6 Å². The smallest absolute Gasteiger partial charge is 0.291 e. The molecule has 0 spiro atoms. The summed E-state index contributed by atoms with van der Waals surface area (Å²) in [5.74, 6) is -1.35. The second-order valence-corrected chi connectivity index (χ2v) is 7.16. The van der Waals surface area contributed by atoms with E-state index in [-0.39, 0.29) is 18.7 Å². The molecule has 144 valence electrons. The van der Waals surface area contributed by atoms with Gasteiger partial charge in [-0.3, -0.25) is 9.89 Å². The fourth-order valence-corrected chi connectivity index (χ4v) is 4.04. The summed E-state index contributed by atoms with van der Waals surface area (Å²) in [6, 6.07) is 0. The minimum absolute atomic E-state index is 0.251. The average Bonchev–Trinajstić information content (AvgIpc) is 3.34. The van der Waals surface area contributed by atoms with Crippen molar-refractivity contribution >= 4 is 38.8 Å². The average molecular weight is 404 g/mol. The van der Waals surface area contributed by atoms with Crippen molar-refractivity contribution in [1.29, 1.82) is 5.41 Å². The zero-order chi connectivity index (χ0) is 20.0. The molecular formula is C16H14F2N8OS. The molecule has 0 aliphatic rings. The summed E-state index contributed by atoms with van der Waals surface area (Å²) in [5.41, 5.74) is 6.10. The molecule has 0 bridgehead atoms. The number of hydrogen-bond acceptors (Lipinski definition) is 7. The Bertz CT molecular complexity index is 1310. The van der Waals surface area contributed by atoms with E-state index in [0.717, 1.165) is 15.6 Å². The number of nitrogens with one attached hydrogen (secondary N) is 2. The van der Waals surface area contributed by atoms with Crippen LogP contribution in [0.1, 0.15) is 10.7 Å². The Morgan fingerprint density at radius 2 is 2.25 bits per heavy atom. The molecule has 28 heavy (non-hydrogen) atoms. The molecule has 0 saturated heterocycles. The van der Waals surface area contributed by atoms with Crippen molar-refractivity contribution in [2.45, 2.75) is 13.0 Å². The topological polar surface area (TPSA) is 131 Å². The third-order valence-electron chi connectivity index (χ3n) is 4.32. The molecule has 4 aromatic heterocycles. The fraction of sp³-hybridized carbons (Fsp3) is 0.188. The van der Waals surface area contributed by atoms with E-state index in [1.807, 2.05) is 0 Å². The number of allylic oxidation sites excluding steroid dienone is 2. The van der Waals surface area contributed by atoms with Crippen LogP contribution in [0.25, 0.3) is 21.3 Å². The van der Waals surface area contributed by atoms with Gasteiger partial charge in [0.2, 0.25) is 0 Å². The lowest BCUT2D eigenvalue weighted by Crippen LogP contribution is -2.27. The molecule has 4 rings (SSSR count). The summed E-state index contributed by atoms with van der Waals surface area (Å²) in [6.07, 6.45) is 3.33. The van der Waals surface area contributed by atoms with Crippen molar-refractivity contribution in [2.24, 2.45) is 12.8 Å². The third-order valence-corrected chi connectivity index (χ3v) is 5.39. The van der Waals surface area contributed by atoms with E-state index >= 15 is 0 Å². The molecule has 0 fully saturated rings. The van der Waals surface area contributed by atoms with Gasteiger partial charge in [-0.25, -0.2) is 18.4 Å². The highest BCUT2D eigenvalue weighted by molar-refractivity contribution is 7.19. The van der Waals surface area contributed by atoms with Crippen LogP contribution in [0.2, 0.25) is 0 Å². The zero-order valence-corrected chi connectivity index (χ0v) is 15.3. The van der Waals surface area contributed by atoms with Gasteiger partial charge < -0.3 is 15.7 Å². The summed E-state index contributed by atoms with van der Waals surface area (Å²) in [4.78, 5) is 17.3. The quantitative estimate of drug-likeness (QED) is 0.435. The summed E-state index contributed by atoms with van der Waals surface area (Å²) in [5, 5.41) is 18.5. The Balaban J connectivity index is 1.80. The van der Waals surface area contributed by atoms with Crippen LogP contribution >= 0.6 is 11.3 Å². The molecular weight excluding hydrogens is 390 g/mol. The third kappa shape index (κ3) is 2.78. The first-order valence-electron chi connectivity index (χ1n) is 8.07.